The van der Waals surface area contributed by atoms with E-state index in [4.69, 9.17) is 0 Å². The second kappa shape index (κ2) is 3.82. The van der Waals surface area contributed by atoms with E-state index in [0.717, 1.165) is 0 Å². The van der Waals surface area contributed by atoms with Crippen molar-refractivity contribution < 1.29 is 0 Å². The molecule has 0 atom stereocenters. The Morgan fingerprint density at radius 3 is 2.73 bits per heavy atom. The van der Waals surface area contributed by atoms with Crippen molar-refractivity contribution in [3.63, 3.8) is 0 Å². The molecule has 1 aromatic rings. The minimum atomic E-state index is 0.585. The monoisotopic (exact) mass is 165 g/mol. The quantitative estimate of drug-likeness (QED) is 0.606. The van der Waals surface area contributed by atoms with Crippen LogP contribution in [0.15, 0.2) is 23.1 Å². The molecule has 1 aromatic carbocycles. The first-order valence-corrected chi connectivity index (χ1v) is 5.02. The Hall–Kier alpha value is -0.430. The van der Waals surface area contributed by atoms with Gasteiger partial charge in [-0.25, -0.2) is 0 Å². The second-order valence-corrected chi connectivity index (χ2v) is 3.72. The largest absolute Gasteiger partial charge is 0.130 e. The molecule has 59 valence electrons. The molecule has 0 saturated carbocycles. The van der Waals surface area contributed by atoms with Crippen LogP contribution < -0.4 is 0 Å². The van der Waals surface area contributed by atoms with Gasteiger partial charge in [0.15, 0.2) is 0 Å². The predicted molar refractivity (Wildman–Crippen MR) is 51.1 cm³/mol. The van der Waals surface area contributed by atoms with Crippen molar-refractivity contribution in [3.8, 4) is 0 Å². The molecule has 0 nitrogen and oxygen atoms in total. The lowest BCUT2D eigenvalue weighted by molar-refractivity contribution is 0.860. The molecule has 11 heavy (non-hydrogen) atoms. The first-order valence-electron chi connectivity index (χ1n) is 3.79. The Kier molecular flexibility index (Phi) is 3.01. The summed E-state index contributed by atoms with van der Waals surface area (Å²) >= 11 is 1.78. The summed E-state index contributed by atoms with van der Waals surface area (Å²) in [4.78, 5) is 1.33. The molecule has 0 aliphatic heterocycles. The molecule has 0 spiro atoms. The van der Waals surface area contributed by atoms with Gasteiger partial charge in [0.2, 0.25) is 0 Å². The Bertz CT molecular complexity index is 228. The number of benzene rings is 1. The first-order chi connectivity index (χ1) is 5.24. The Labute approximate surface area is 73.0 Å². The van der Waals surface area contributed by atoms with Crippen molar-refractivity contribution in [1.29, 1.82) is 0 Å². The first kappa shape index (κ1) is 8.66. The molecule has 0 aliphatic rings. The molecule has 1 rings (SSSR count). The third kappa shape index (κ3) is 2.26. The van der Waals surface area contributed by atoms with Crippen LogP contribution in [0, 0.1) is 6.07 Å². The molecule has 0 fully saturated rings. The maximum atomic E-state index is 3.23. The molecular formula is C10H13S. The molecule has 0 bridgehead atoms. The third-order valence-electron chi connectivity index (χ3n) is 1.65. The molecule has 1 radical (unpaired) electrons. The zero-order chi connectivity index (χ0) is 8.27. The number of hydrogen-bond acceptors (Lipinski definition) is 1. The Morgan fingerprint density at radius 1 is 1.45 bits per heavy atom. The molecule has 0 N–H and O–H groups in total. The van der Waals surface area contributed by atoms with Gasteiger partial charge in [0.25, 0.3) is 0 Å². The van der Waals surface area contributed by atoms with Crippen molar-refractivity contribution in [1.82, 2.24) is 0 Å². The van der Waals surface area contributed by atoms with E-state index in [2.05, 4.69) is 38.3 Å². The summed E-state index contributed by atoms with van der Waals surface area (Å²) in [6, 6.07) is 9.53. The molecule has 0 aromatic heterocycles. The minimum absolute atomic E-state index is 0.585. The third-order valence-corrected chi connectivity index (χ3v) is 2.38. The van der Waals surface area contributed by atoms with Crippen molar-refractivity contribution in [2.24, 2.45) is 0 Å². The normalized spacial score (nSPS) is 10.5. The van der Waals surface area contributed by atoms with Gasteiger partial charge >= 0.3 is 0 Å². The van der Waals surface area contributed by atoms with E-state index >= 15 is 0 Å². The highest BCUT2D eigenvalue weighted by molar-refractivity contribution is 7.98. The Balaban J connectivity index is 2.91. The fourth-order valence-electron chi connectivity index (χ4n) is 0.923. The van der Waals surface area contributed by atoms with E-state index in [1.807, 2.05) is 6.07 Å². The summed E-state index contributed by atoms with van der Waals surface area (Å²) in [5.74, 6) is 0.585. The highest BCUT2D eigenvalue weighted by Gasteiger charge is 1.98. The van der Waals surface area contributed by atoms with Gasteiger partial charge in [-0.3, -0.25) is 0 Å². The van der Waals surface area contributed by atoms with E-state index < -0.39 is 0 Å². The fraction of sp³-hybridized carbons (Fsp3) is 0.400. The molecule has 0 aliphatic carbocycles. The summed E-state index contributed by atoms with van der Waals surface area (Å²) in [5.41, 5.74) is 1.30. The lowest BCUT2D eigenvalue weighted by Crippen LogP contribution is -1.86. The summed E-state index contributed by atoms with van der Waals surface area (Å²) in [5, 5.41) is 0. The highest BCUT2D eigenvalue weighted by atomic mass is 32.2. The van der Waals surface area contributed by atoms with Crippen molar-refractivity contribution in [2.45, 2.75) is 24.7 Å². The van der Waals surface area contributed by atoms with Crippen LogP contribution in [0.3, 0.4) is 0 Å². The number of rotatable bonds is 2. The van der Waals surface area contributed by atoms with E-state index in [1.165, 1.54) is 10.5 Å². The number of hydrogen-bond donors (Lipinski definition) is 0. The van der Waals surface area contributed by atoms with Crippen LogP contribution in [0.4, 0.5) is 0 Å². The van der Waals surface area contributed by atoms with Crippen LogP contribution in [0.2, 0.25) is 0 Å². The Morgan fingerprint density at radius 2 is 2.18 bits per heavy atom. The zero-order valence-electron chi connectivity index (χ0n) is 7.22. The molecule has 0 unspecified atom stereocenters. The van der Waals surface area contributed by atoms with Gasteiger partial charge in [0.05, 0.1) is 0 Å². The van der Waals surface area contributed by atoms with Crippen LogP contribution in [-0.4, -0.2) is 6.26 Å². The minimum Gasteiger partial charge on any atom is -0.130 e. The lowest BCUT2D eigenvalue weighted by Gasteiger charge is -2.05. The lowest BCUT2D eigenvalue weighted by atomic mass is 10.0. The highest BCUT2D eigenvalue weighted by Crippen LogP contribution is 2.20. The molecule has 0 amide bonds. The van der Waals surface area contributed by atoms with E-state index in [9.17, 15) is 0 Å². The van der Waals surface area contributed by atoms with Gasteiger partial charge < -0.3 is 0 Å². The SMILES string of the molecule is CSc1cc[c]c(C(C)C)c1. The standard InChI is InChI=1S/C10H13S/c1-8(2)9-5-4-6-10(7-9)11-3/h4,6-8H,1-3H3. The van der Waals surface area contributed by atoms with Crippen LogP contribution in [0.5, 0.6) is 0 Å². The van der Waals surface area contributed by atoms with Crippen molar-refractivity contribution in [2.75, 3.05) is 6.26 Å². The van der Waals surface area contributed by atoms with E-state index in [0.29, 0.717) is 5.92 Å². The van der Waals surface area contributed by atoms with Crippen LogP contribution in [-0.2, 0) is 0 Å². The van der Waals surface area contributed by atoms with Crippen molar-refractivity contribution in [3.05, 3.63) is 29.8 Å². The van der Waals surface area contributed by atoms with Gasteiger partial charge in [-0.15, -0.1) is 11.8 Å². The van der Waals surface area contributed by atoms with Crippen LogP contribution in [0.1, 0.15) is 25.3 Å². The fourth-order valence-corrected chi connectivity index (χ4v) is 1.37. The topological polar surface area (TPSA) is 0 Å². The molecule has 0 heterocycles. The predicted octanol–water partition coefficient (Wildman–Crippen LogP) is 3.33. The summed E-state index contributed by atoms with van der Waals surface area (Å²) < 4.78 is 0. The average Bonchev–Trinajstić information content (AvgIpc) is 2.05. The van der Waals surface area contributed by atoms with Gasteiger partial charge in [-0.2, -0.15) is 0 Å². The molecule has 0 saturated heterocycles. The van der Waals surface area contributed by atoms with Crippen LogP contribution >= 0.6 is 11.8 Å². The van der Waals surface area contributed by atoms with Gasteiger partial charge in [0.1, 0.15) is 0 Å². The van der Waals surface area contributed by atoms with Gasteiger partial charge in [-0.05, 0) is 35.9 Å². The molecule has 1 heteroatoms. The maximum Gasteiger partial charge on any atom is 0.00723 e. The maximum absolute atomic E-state index is 3.23. The average molecular weight is 165 g/mol. The van der Waals surface area contributed by atoms with Gasteiger partial charge in [-0.1, -0.05) is 19.9 Å². The second-order valence-electron chi connectivity index (χ2n) is 2.84. The van der Waals surface area contributed by atoms with Crippen molar-refractivity contribution >= 4 is 11.8 Å². The van der Waals surface area contributed by atoms with E-state index in [-0.39, 0.29) is 0 Å². The number of thioether (sulfide) groups is 1. The summed E-state index contributed by atoms with van der Waals surface area (Å²) in [6.07, 6.45) is 2.10. The smallest absolute Gasteiger partial charge is 0.00723 e. The zero-order valence-corrected chi connectivity index (χ0v) is 8.03. The summed E-state index contributed by atoms with van der Waals surface area (Å²) in [7, 11) is 0. The van der Waals surface area contributed by atoms with Crippen LogP contribution in [0.25, 0.3) is 0 Å². The summed E-state index contributed by atoms with van der Waals surface area (Å²) in [6.45, 7) is 4.38. The molecular weight excluding hydrogens is 152 g/mol. The van der Waals surface area contributed by atoms with E-state index in [1.54, 1.807) is 11.8 Å². The van der Waals surface area contributed by atoms with Gasteiger partial charge in [0, 0.05) is 4.90 Å².